The SMILES string of the molecule is CCCN(C)c1cc(-c2ccccc2)nc(SCc2ccc(C(=O)NCc3ccncc3)cc2)n1. The number of amides is 1. The van der Waals surface area contributed by atoms with Crippen LogP contribution in [0.4, 0.5) is 5.82 Å². The number of nitrogens with zero attached hydrogens (tertiary/aromatic N) is 4. The lowest BCUT2D eigenvalue weighted by Crippen LogP contribution is -2.22. The van der Waals surface area contributed by atoms with Crippen LogP contribution < -0.4 is 10.2 Å². The van der Waals surface area contributed by atoms with Gasteiger partial charge in [-0.1, -0.05) is 61.2 Å². The van der Waals surface area contributed by atoms with Crippen molar-refractivity contribution in [3.05, 3.63) is 102 Å². The summed E-state index contributed by atoms with van der Waals surface area (Å²) in [6, 6.07) is 23.7. The zero-order valence-corrected chi connectivity index (χ0v) is 20.8. The van der Waals surface area contributed by atoms with E-state index in [1.54, 1.807) is 24.2 Å². The molecular weight excluding hydrogens is 454 g/mol. The molecule has 1 amide bonds. The summed E-state index contributed by atoms with van der Waals surface area (Å²) >= 11 is 1.60. The molecule has 2 heterocycles. The molecule has 6 nitrogen and oxygen atoms in total. The lowest BCUT2D eigenvalue weighted by atomic mass is 10.1. The smallest absolute Gasteiger partial charge is 0.251 e. The quantitative estimate of drug-likeness (QED) is 0.234. The summed E-state index contributed by atoms with van der Waals surface area (Å²) < 4.78 is 0. The van der Waals surface area contributed by atoms with Crippen LogP contribution in [0.5, 0.6) is 0 Å². The molecule has 7 heteroatoms. The molecule has 0 radical (unpaired) electrons. The molecule has 0 spiro atoms. The number of rotatable bonds is 10. The van der Waals surface area contributed by atoms with Crippen LogP contribution in [0.2, 0.25) is 0 Å². The number of carbonyl (C=O) groups excluding carboxylic acids is 1. The van der Waals surface area contributed by atoms with Gasteiger partial charge in [0, 0.05) is 55.5 Å². The van der Waals surface area contributed by atoms with Crippen LogP contribution in [0.15, 0.2) is 90.3 Å². The van der Waals surface area contributed by atoms with E-state index in [2.05, 4.69) is 47.4 Å². The van der Waals surface area contributed by atoms with Gasteiger partial charge in [0.25, 0.3) is 5.91 Å². The molecule has 4 aromatic rings. The lowest BCUT2D eigenvalue weighted by molar-refractivity contribution is 0.0951. The first-order valence-corrected chi connectivity index (χ1v) is 12.7. The van der Waals surface area contributed by atoms with Crippen molar-refractivity contribution < 1.29 is 4.79 Å². The van der Waals surface area contributed by atoms with Gasteiger partial charge >= 0.3 is 0 Å². The second-order valence-electron chi connectivity index (χ2n) is 8.21. The number of thioether (sulfide) groups is 1. The van der Waals surface area contributed by atoms with Crippen molar-refractivity contribution in [2.24, 2.45) is 0 Å². The Bertz CT molecular complexity index is 1230. The number of benzene rings is 2. The fraction of sp³-hybridized carbons (Fsp3) is 0.214. The number of hydrogen-bond acceptors (Lipinski definition) is 6. The molecule has 0 aliphatic heterocycles. The molecule has 2 aromatic carbocycles. The number of anilines is 1. The van der Waals surface area contributed by atoms with Gasteiger partial charge in [-0.3, -0.25) is 9.78 Å². The summed E-state index contributed by atoms with van der Waals surface area (Å²) in [5.41, 5.74) is 4.76. The minimum atomic E-state index is -0.0940. The molecule has 0 aliphatic carbocycles. The predicted octanol–water partition coefficient (Wildman–Crippen LogP) is 5.61. The van der Waals surface area contributed by atoms with E-state index in [0.29, 0.717) is 17.9 Å². The highest BCUT2D eigenvalue weighted by Gasteiger charge is 2.11. The Morgan fingerprint density at radius 1 is 0.943 bits per heavy atom. The van der Waals surface area contributed by atoms with E-state index in [4.69, 9.17) is 9.97 Å². The maximum absolute atomic E-state index is 12.5. The van der Waals surface area contributed by atoms with Crippen LogP contribution >= 0.6 is 11.8 Å². The van der Waals surface area contributed by atoms with Crippen molar-refractivity contribution in [1.82, 2.24) is 20.3 Å². The molecule has 0 atom stereocenters. The minimum Gasteiger partial charge on any atom is -0.360 e. The van der Waals surface area contributed by atoms with E-state index < -0.39 is 0 Å². The van der Waals surface area contributed by atoms with Gasteiger partial charge in [0.15, 0.2) is 5.16 Å². The molecule has 0 saturated carbocycles. The third-order valence-electron chi connectivity index (χ3n) is 5.50. The van der Waals surface area contributed by atoms with Gasteiger partial charge in [0.2, 0.25) is 0 Å². The van der Waals surface area contributed by atoms with Gasteiger partial charge < -0.3 is 10.2 Å². The topological polar surface area (TPSA) is 71.0 Å². The zero-order valence-electron chi connectivity index (χ0n) is 20.0. The second-order valence-corrected chi connectivity index (χ2v) is 9.15. The van der Waals surface area contributed by atoms with Crippen LogP contribution in [-0.2, 0) is 12.3 Å². The summed E-state index contributed by atoms with van der Waals surface area (Å²) in [7, 11) is 2.06. The van der Waals surface area contributed by atoms with Crippen molar-refractivity contribution in [2.75, 3.05) is 18.5 Å². The van der Waals surface area contributed by atoms with Crippen LogP contribution in [-0.4, -0.2) is 34.5 Å². The number of carbonyl (C=O) groups is 1. The Morgan fingerprint density at radius 3 is 2.40 bits per heavy atom. The number of nitrogens with one attached hydrogen (secondary N) is 1. The summed E-state index contributed by atoms with van der Waals surface area (Å²) in [6.45, 7) is 3.57. The van der Waals surface area contributed by atoms with Crippen molar-refractivity contribution in [1.29, 1.82) is 0 Å². The molecule has 0 aliphatic rings. The van der Waals surface area contributed by atoms with Crippen molar-refractivity contribution in [3.63, 3.8) is 0 Å². The summed E-state index contributed by atoms with van der Waals surface area (Å²) in [5, 5.41) is 3.68. The molecule has 0 bridgehead atoms. The Hall–Kier alpha value is -3.71. The highest BCUT2D eigenvalue weighted by Crippen LogP contribution is 2.27. The largest absolute Gasteiger partial charge is 0.360 e. The zero-order chi connectivity index (χ0) is 24.5. The second kappa shape index (κ2) is 12.1. The normalized spacial score (nSPS) is 10.7. The molecule has 4 rings (SSSR count). The lowest BCUT2D eigenvalue weighted by Gasteiger charge is -2.18. The average molecular weight is 484 g/mol. The van der Waals surface area contributed by atoms with E-state index in [1.807, 2.05) is 54.6 Å². The first-order chi connectivity index (χ1) is 17.1. The molecule has 0 fully saturated rings. The van der Waals surface area contributed by atoms with Gasteiger partial charge in [0.1, 0.15) is 5.82 Å². The highest BCUT2D eigenvalue weighted by atomic mass is 32.2. The monoisotopic (exact) mass is 483 g/mol. The van der Waals surface area contributed by atoms with Crippen LogP contribution in [0.25, 0.3) is 11.3 Å². The van der Waals surface area contributed by atoms with Gasteiger partial charge in [-0.15, -0.1) is 0 Å². The molecule has 0 unspecified atom stereocenters. The first kappa shape index (κ1) is 24.4. The highest BCUT2D eigenvalue weighted by molar-refractivity contribution is 7.98. The molecule has 178 valence electrons. The Labute approximate surface area is 210 Å². The van der Waals surface area contributed by atoms with Crippen molar-refractivity contribution in [3.8, 4) is 11.3 Å². The van der Waals surface area contributed by atoms with Crippen LogP contribution in [0.1, 0.15) is 34.8 Å². The minimum absolute atomic E-state index is 0.0940. The summed E-state index contributed by atoms with van der Waals surface area (Å²) in [6.07, 6.45) is 4.49. The van der Waals surface area contributed by atoms with Crippen LogP contribution in [0.3, 0.4) is 0 Å². The average Bonchev–Trinajstić information content (AvgIpc) is 2.92. The predicted molar refractivity (Wildman–Crippen MR) is 142 cm³/mol. The van der Waals surface area contributed by atoms with E-state index in [0.717, 1.165) is 46.3 Å². The standard InChI is InChI=1S/C28H29N5OS/c1-3-17-33(2)26-18-25(23-7-5-4-6-8-23)31-28(32-26)35-20-22-9-11-24(12-10-22)27(34)30-19-21-13-15-29-16-14-21/h4-16,18H,3,17,19-20H2,1-2H3,(H,30,34). The summed E-state index contributed by atoms with van der Waals surface area (Å²) in [5.74, 6) is 1.54. The number of pyridine rings is 1. The Morgan fingerprint density at radius 2 is 1.69 bits per heavy atom. The fourth-order valence-corrected chi connectivity index (χ4v) is 4.37. The van der Waals surface area contributed by atoms with Crippen molar-refractivity contribution >= 4 is 23.5 Å². The Kier molecular flexibility index (Phi) is 8.46. The van der Waals surface area contributed by atoms with Gasteiger partial charge in [-0.25, -0.2) is 9.97 Å². The van der Waals surface area contributed by atoms with Gasteiger partial charge in [-0.2, -0.15) is 0 Å². The van der Waals surface area contributed by atoms with Crippen molar-refractivity contribution in [2.45, 2.75) is 30.8 Å². The van der Waals surface area contributed by atoms with E-state index in [-0.39, 0.29) is 5.91 Å². The van der Waals surface area contributed by atoms with E-state index in [1.165, 1.54) is 0 Å². The number of aromatic nitrogens is 3. The molecule has 0 saturated heterocycles. The molecular formula is C28H29N5OS. The first-order valence-electron chi connectivity index (χ1n) is 11.7. The van der Waals surface area contributed by atoms with Gasteiger partial charge in [0.05, 0.1) is 5.69 Å². The van der Waals surface area contributed by atoms with E-state index in [9.17, 15) is 4.79 Å². The molecule has 1 N–H and O–H groups in total. The maximum atomic E-state index is 12.5. The molecule has 2 aromatic heterocycles. The maximum Gasteiger partial charge on any atom is 0.251 e. The number of hydrogen-bond donors (Lipinski definition) is 1. The third-order valence-corrected chi connectivity index (χ3v) is 6.42. The van der Waals surface area contributed by atoms with Crippen LogP contribution in [0, 0.1) is 0 Å². The molecule has 35 heavy (non-hydrogen) atoms. The van der Waals surface area contributed by atoms with Gasteiger partial charge in [-0.05, 0) is 41.8 Å². The summed E-state index contributed by atoms with van der Waals surface area (Å²) in [4.78, 5) is 28.3. The Balaban J connectivity index is 1.42. The van der Waals surface area contributed by atoms with E-state index >= 15 is 0 Å². The fourth-order valence-electron chi connectivity index (χ4n) is 3.56. The third kappa shape index (κ3) is 6.90.